The first-order valence-corrected chi connectivity index (χ1v) is 25.2. The van der Waals surface area contributed by atoms with Crippen LogP contribution in [0, 0.1) is 6.92 Å². The predicted molar refractivity (Wildman–Crippen MR) is 249 cm³/mol. The third kappa shape index (κ3) is 7.70. The molecule has 0 saturated carbocycles. The molecule has 6 aromatic heterocycles. The van der Waals surface area contributed by atoms with Gasteiger partial charge in [0.2, 0.25) is 20.0 Å². The van der Waals surface area contributed by atoms with Gasteiger partial charge in [-0.1, -0.05) is 54.1 Å². The predicted octanol–water partition coefficient (Wildman–Crippen LogP) is 9.44. The first-order chi connectivity index (χ1) is 29.6. The molecule has 9 rings (SSSR count). The molecule has 0 fully saturated rings. The zero-order chi connectivity index (χ0) is 44.0. The zero-order valence-corrected chi connectivity index (χ0v) is 38.2. The molecule has 0 atom stereocenters. The van der Waals surface area contributed by atoms with E-state index in [-0.39, 0.29) is 20.3 Å². The highest BCUT2D eigenvalue weighted by atomic mass is 32.2. The first-order valence-electron chi connectivity index (χ1n) is 19.0. The van der Waals surface area contributed by atoms with Crippen LogP contribution in [0.5, 0.6) is 0 Å². The van der Waals surface area contributed by atoms with Crippen LogP contribution in [0.4, 0.5) is 0 Å². The number of H-pyrrole nitrogens is 1. The number of rotatable bonds is 10. The molecule has 0 amide bonds. The molecule has 3 aromatic carbocycles. The number of nitrogens with one attached hydrogen (secondary N) is 1. The summed E-state index contributed by atoms with van der Waals surface area (Å²) < 4.78 is 83.1. The fraction of sp³-hybridized carbons (Fsp3) is 0.111. The maximum atomic E-state index is 13.8. The summed E-state index contributed by atoms with van der Waals surface area (Å²) in [7, 11) is -5.39. The van der Waals surface area contributed by atoms with E-state index in [1.165, 1.54) is 42.0 Å². The van der Waals surface area contributed by atoms with Gasteiger partial charge < -0.3 is 4.98 Å². The third-order valence-corrected chi connectivity index (χ3v) is 17.1. The Hall–Kier alpha value is -5.79. The molecule has 9 aromatic rings. The third-order valence-electron chi connectivity index (χ3n) is 10.3. The van der Waals surface area contributed by atoms with Gasteiger partial charge in [-0.25, -0.2) is 47.8 Å². The fourth-order valence-corrected chi connectivity index (χ4v) is 12.0. The molecule has 0 aliphatic heterocycles. The van der Waals surface area contributed by atoms with Gasteiger partial charge in [0.25, 0.3) is 10.0 Å². The van der Waals surface area contributed by atoms with Gasteiger partial charge >= 0.3 is 0 Å². The van der Waals surface area contributed by atoms with E-state index in [9.17, 15) is 25.3 Å². The lowest BCUT2D eigenvalue weighted by Gasteiger charge is -2.15. The molecule has 0 aliphatic carbocycles. The normalized spacial score (nSPS) is 12.3. The van der Waals surface area contributed by atoms with Gasteiger partial charge in [-0.05, 0) is 99.2 Å². The maximum Gasteiger partial charge on any atom is 0.269 e. The van der Waals surface area contributed by atoms with E-state index < -0.39 is 30.1 Å². The van der Waals surface area contributed by atoms with Crippen LogP contribution in [-0.2, 0) is 30.1 Å². The van der Waals surface area contributed by atoms with Crippen molar-refractivity contribution < 1.29 is 25.3 Å². The minimum atomic E-state index is -4.02. The van der Waals surface area contributed by atoms with E-state index in [4.69, 9.17) is 0 Å². The van der Waals surface area contributed by atoms with Crippen molar-refractivity contribution in [1.29, 1.82) is 0 Å². The molecule has 0 saturated heterocycles. The van der Waals surface area contributed by atoms with E-state index >= 15 is 0 Å². The van der Waals surface area contributed by atoms with Crippen molar-refractivity contribution in [3.63, 3.8) is 0 Å². The monoisotopic (exact) mass is 920 g/mol. The van der Waals surface area contributed by atoms with Crippen LogP contribution in [0.3, 0.4) is 0 Å². The summed E-state index contributed by atoms with van der Waals surface area (Å²) in [6.07, 6.45) is 6.64. The average Bonchev–Trinajstić information content (AvgIpc) is 4.11. The van der Waals surface area contributed by atoms with Crippen LogP contribution in [0.2, 0.25) is 0 Å². The smallest absolute Gasteiger partial charge is 0.269 e. The standard InChI is InChI=1S/C26H23N3O4S3.C19H17N3O2S2/c1-18-8-10-20(11-9-18)35(30,31)29-16-23(22-6-4-5-7-24(22)36(32,33)28(2)3)25-21(12-14-27-26(25)29)19-13-15-34-17-19;1-22(2)26(23,24)17-6-4-3-5-15(17)16-11-21-19-18(16)14(7-9-20-19)13-8-10-25-12-13/h4-17H,1-3H3;3-12H,1-2H3,(H,20,21). The summed E-state index contributed by atoms with van der Waals surface area (Å²) in [5.41, 5.74) is 8.06. The number of hydrogen-bond acceptors (Lipinski definition) is 10. The van der Waals surface area contributed by atoms with Gasteiger partial charge in [-0.2, -0.15) is 22.7 Å². The van der Waals surface area contributed by atoms with Crippen LogP contribution >= 0.6 is 22.7 Å². The lowest BCUT2D eigenvalue weighted by atomic mass is 9.99. The Morgan fingerprint density at radius 3 is 1.61 bits per heavy atom. The molecule has 62 heavy (non-hydrogen) atoms. The Morgan fingerprint density at radius 2 is 1.08 bits per heavy atom. The number of nitrogens with zero attached hydrogens (tertiary/aromatic N) is 5. The molecule has 0 bridgehead atoms. The van der Waals surface area contributed by atoms with Gasteiger partial charge in [0.1, 0.15) is 5.65 Å². The summed E-state index contributed by atoms with van der Waals surface area (Å²) in [6.45, 7) is 1.89. The Labute approximate surface area is 368 Å². The van der Waals surface area contributed by atoms with E-state index in [2.05, 4.69) is 26.4 Å². The summed E-state index contributed by atoms with van der Waals surface area (Å²) in [4.78, 5) is 12.5. The minimum absolute atomic E-state index is 0.0851. The number of thiophene rings is 2. The average molecular weight is 921 g/mol. The van der Waals surface area contributed by atoms with Gasteiger partial charge in [0.05, 0.1) is 14.7 Å². The summed E-state index contributed by atoms with van der Waals surface area (Å²) in [6, 6.07) is 28.1. The number of pyridine rings is 2. The quantitative estimate of drug-likeness (QED) is 0.142. The number of aryl methyl sites for hydroxylation is 1. The SMILES string of the molecule is CN(C)S(=O)(=O)c1ccccc1-c1c[nH]c2nccc(-c3ccsc3)c12.Cc1ccc(S(=O)(=O)n2cc(-c3ccccc3S(=O)(=O)N(C)C)c3c(-c4ccsc4)ccnc32)cc1. The molecule has 0 aliphatic rings. The number of aromatic nitrogens is 4. The summed E-state index contributed by atoms with van der Waals surface area (Å²) in [5, 5.41) is 9.49. The highest BCUT2D eigenvalue weighted by Crippen LogP contribution is 2.42. The number of hydrogen-bond donors (Lipinski definition) is 1. The molecule has 1 N–H and O–H groups in total. The van der Waals surface area contributed by atoms with E-state index in [1.807, 2.05) is 59.6 Å². The molecule has 12 nitrogen and oxygen atoms in total. The van der Waals surface area contributed by atoms with Crippen LogP contribution in [0.15, 0.2) is 158 Å². The molecule has 17 heteroatoms. The van der Waals surface area contributed by atoms with Crippen LogP contribution < -0.4 is 0 Å². The lowest BCUT2D eigenvalue weighted by molar-refractivity contribution is 0.520. The van der Waals surface area contributed by atoms with Crippen LogP contribution in [0.25, 0.3) is 66.6 Å². The zero-order valence-electron chi connectivity index (χ0n) is 34.1. The fourth-order valence-electron chi connectivity index (χ4n) is 7.14. The second-order valence-electron chi connectivity index (χ2n) is 14.6. The van der Waals surface area contributed by atoms with Gasteiger partial charge in [0, 0.05) is 86.0 Å². The largest absolute Gasteiger partial charge is 0.345 e. The van der Waals surface area contributed by atoms with Crippen LogP contribution in [0.1, 0.15) is 5.56 Å². The Kier molecular flexibility index (Phi) is 11.6. The number of aromatic amines is 1. The highest BCUT2D eigenvalue weighted by molar-refractivity contribution is 7.90. The van der Waals surface area contributed by atoms with Crippen molar-refractivity contribution in [2.75, 3.05) is 28.2 Å². The Balaban J connectivity index is 0.000000180. The topological polar surface area (TPSA) is 155 Å². The molecule has 0 unspecified atom stereocenters. The molecule has 0 radical (unpaired) electrons. The van der Waals surface area contributed by atoms with Crippen molar-refractivity contribution in [2.45, 2.75) is 21.6 Å². The van der Waals surface area contributed by atoms with Crippen molar-refractivity contribution in [3.05, 3.63) is 149 Å². The van der Waals surface area contributed by atoms with E-state index in [0.29, 0.717) is 22.1 Å². The van der Waals surface area contributed by atoms with Crippen molar-refractivity contribution in [2.24, 2.45) is 0 Å². The molecule has 316 valence electrons. The Morgan fingerprint density at radius 1 is 0.565 bits per heavy atom. The van der Waals surface area contributed by atoms with Crippen molar-refractivity contribution in [1.82, 2.24) is 27.5 Å². The number of fused-ring (bicyclic) bond motifs is 2. The highest BCUT2D eigenvalue weighted by Gasteiger charge is 2.29. The second-order valence-corrected chi connectivity index (χ2v) is 22.2. The van der Waals surface area contributed by atoms with Gasteiger partial charge in [0.15, 0.2) is 5.65 Å². The molecular weight excluding hydrogens is 881 g/mol. The van der Waals surface area contributed by atoms with Crippen LogP contribution in [-0.4, -0.2) is 81.0 Å². The maximum absolute atomic E-state index is 13.8. The Bertz CT molecular complexity index is 3410. The van der Waals surface area contributed by atoms with Gasteiger partial charge in [-0.3, -0.25) is 0 Å². The first kappa shape index (κ1) is 42.9. The van der Waals surface area contributed by atoms with Crippen molar-refractivity contribution >= 4 is 74.8 Å². The minimum Gasteiger partial charge on any atom is -0.345 e. The molecular formula is C45H40N6O6S5. The van der Waals surface area contributed by atoms with Gasteiger partial charge in [-0.15, -0.1) is 0 Å². The number of sulfonamides is 2. The molecule has 0 spiro atoms. The summed E-state index contributed by atoms with van der Waals surface area (Å²) in [5.74, 6) is 0. The van der Waals surface area contributed by atoms with E-state index in [0.717, 1.165) is 52.7 Å². The van der Waals surface area contributed by atoms with E-state index in [1.54, 1.807) is 92.4 Å². The summed E-state index contributed by atoms with van der Waals surface area (Å²) >= 11 is 3.14. The lowest BCUT2D eigenvalue weighted by Crippen LogP contribution is -2.22. The number of benzene rings is 3. The molecule has 6 heterocycles. The van der Waals surface area contributed by atoms with Crippen molar-refractivity contribution in [3.8, 4) is 44.5 Å². The second kappa shape index (κ2) is 16.8.